The van der Waals surface area contributed by atoms with Gasteiger partial charge in [-0.15, -0.1) is 0 Å². The van der Waals surface area contributed by atoms with Gasteiger partial charge in [-0.2, -0.15) is 0 Å². The number of hydrogen-bond donors (Lipinski definition) is 0. The van der Waals surface area contributed by atoms with E-state index in [1.807, 2.05) is 48.5 Å². The van der Waals surface area contributed by atoms with Gasteiger partial charge in [0.2, 0.25) is 0 Å². The molecule has 11 rings (SSSR count). The van der Waals surface area contributed by atoms with Gasteiger partial charge in [-0.1, -0.05) is 164 Å². The molecule has 2 heterocycles. The minimum Gasteiger partial charge on any atom is -0.456 e. The number of para-hydroxylation sites is 1. The van der Waals surface area contributed by atoms with Crippen LogP contribution < -0.4 is 0 Å². The molecule has 4 heteroatoms. The molecule has 0 spiro atoms. The van der Waals surface area contributed by atoms with E-state index in [2.05, 4.69) is 140 Å². The van der Waals surface area contributed by atoms with Crippen molar-refractivity contribution in [1.29, 1.82) is 0 Å². The van der Waals surface area contributed by atoms with Crippen LogP contribution in [0.25, 0.3) is 111 Å². The predicted octanol–water partition coefficient (Wildman–Crippen LogP) is 13.6. The molecule has 0 N–H and O–H groups in total. The second-order valence-electron chi connectivity index (χ2n) is 14.0. The molecule has 256 valence electrons. The van der Waals surface area contributed by atoms with E-state index in [-0.39, 0.29) is 0 Å². The van der Waals surface area contributed by atoms with E-state index in [1.54, 1.807) is 0 Å². The summed E-state index contributed by atoms with van der Waals surface area (Å²) in [5.41, 5.74) is 8.75. The standard InChI is InChI=1S/C51H31N3O/c1-3-13-32(14-4-1)33-23-25-35(26-24-33)50-52-49(34-15-5-2-6-16-34)53-51(54-50)45-30-37(31-47-48(45)43-21-11-12-22-46(43)55-47)36-27-28-42-40-19-8-7-17-38(40)39-18-9-10-20-41(39)44(42)29-36/h1-31H. The Kier molecular flexibility index (Phi) is 7.14. The summed E-state index contributed by atoms with van der Waals surface area (Å²) in [6.45, 7) is 0. The average molecular weight is 702 g/mol. The zero-order valence-corrected chi connectivity index (χ0v) is 29.6. The van der Waals surface area contributed by atoms with Gasteiger partial charge in [0.1, 0.15) is 11.2 Å². The highest BCUT2D eigenvalue weighted by Crippen LogP contribution is 2.42. The van der Waals surface area contributed by atoms with Crippen molar-refractivity contribution >= 4 is 54.3 Å². The molecule has 0 amide bonds. The van der Waals surface area contributed by atoms with Crippen LogP contribution in [0.1, 0.15) is 0 Å². The fraction of sp³-hybridized carbons (Fsp3) is 0. The molecular formula is C51H31N3O. The lowest BCUT2D eigenvalue weighted by atomic mass is 9.91. The van der Waals surface area contributed by atoms with E-state index in [0.717, 1.165) is 60.9 Å². The van der Waals surface area contributed by atoms with Crippen LogP contribution in [0.2, 0.25) is 0 Å². The monoisotopic (exact) mass is 701 g/mol. The molecule has 0 aliphatic rings. The molecule has 0 aliphatic carbocycles. The maximum atomic E-state index is 6.61. The van der Waals surface area contributed by atoms with Crippen LogP contribution in [0.5, 0.6) is 0 Å². The number of furan rings is 1. The quantitative estimate of drug-likeness (QED) is 0.168. The number of nitrogens with zero attached hydrogens (tertiary/aromatic N) is 3. The molecule has 0 aliphatic heterocycles. The number of rotatable bonds is 5. The number of benzene rings is 9. The van der Waals surface area contributed by atoms with Crippen molar-refractivity contribution in [2.75, 3.05) is 0 Å². The fourth-order valence-corrected chi connectivity index (χ4v) is 8.07. The maximum Gasteiger partial charge on any atom is 0.164 e. The first-order chi connectivity index (χ1) is 27.2. The van der Waals surface area contributed by atoms with E-state index in [9.17, 15) is 0 Å². The Labute approximate surface area is 317 Å². The van der Waals surface area contributed by atoms with Crippen LogP contribution in [0.4, 0.5) is 0 Å². The molecule has 0 atom stereocenters. The summed E-state index contributed by atoms with van der Waals surface area (Å²) in [5, 5.41) is 9.44. The Morgan fingerprint density at radius 1 is 0.273 bits per heavy atom. The minimum atomic E-state index is 0.589. The lowest BCUT2D eigenvalue weighted by molar-refractivity contribution is 0.669. The Morgan fingerprint density at radius 2 is 0.727 bits per heavy atom. The highest BCUT2D eigenvalue weighted by atomic mass is 16.3. The number of hydrogen-bond acceptors (Lipinski definition) is 4. The summed E-state index contributed by atoms with van der Waals surface area (Å²) in [4.78, 5) is 15.5. The van der Waals surface area contributed by atoms with E-state index in [4.69, 9.17) is 19.4 Å². The van der Waals surface area contributed by atoms with Gasteiger partial charge in [0, 0.05) is 27.5 Å². The van der Waals surface area contributed by atoms with Crippen molar-refractivity contribution in [2.45, 2.75) is 0 Å². The van der Waals surface area contributed by atoms with Gasteiger partial charge in [-0.25, -0.2) is 15.0 Å². The lowest BCUT2D eigenvalue weighted by Crippen LogP contribution is -2.00. The van der Waals surface area contributed by atoms with Gasteiger partial charge in [-0.3, -0.25) is 0 Å². The van der Waals surface area contributed by atoms with Crippen molar-refractivity contribution in [3.05, 3.63) is 188 Å². The summed E-state index contributed by atoms with van der Waals surface area (Å²) < 4.78 is 6.61. The van der Waals surface area contributed by atoms with Crippen molar-refractivity contribution in [2.24, 2.45) is 0 Å². The molecule has 0 unspecified atom stereocenters. The molecule has 9 aromatic carbocycles. The summed E-state index contributed by atoms with van der Waals surface area (Å²) in [5.74, 6) is 1.81. The molecule has 0 saturated heterocycles. The Morgan fingerprint density at radius 3 is 1.38 bits per heavy atom. The fourth-order valence-electron chi connectivity index (χ4n) is 8.07. The molecule has 55 heavy (non-hydrogen) atoms. The van der Waals surface area contributed by atoms with Crippen molar-refractivity contribution in [3.8, 4) is 56.4 Å². The molecule has 11 aromatic rings. The van der Waals surface area contributed by atoms with Gasteiger partial charge in [-0.05, 0) is 78.8 Å². The summed E-state index contributed by atoms with van der Waals surface area (Å²) >= 11 is 0. The second kappa shape index (κ2) is 12.6. The SMILES string of the molecule is c1ccc(-c2ccc(-c3nc(-c4ccccc4)nc(-c4cc(-c5ccc6c7ccccc7c7ccccc7c6c5)cc5oc6ccccc6c45)n3)cc2)cc1. The summed E-state index contributed by atoms with van der Waals surface area (Å²) in [6, 6.07) is 65.7. The molecule has 0 radical (unpaired) electrons. The number of aromatic nitrogens is 3. The second-order valence-corrected chi connectivity index (χ2v) is 14.0. The van der Waals surface area contributed by atoms with Crippen LogP contribution in [0.3, 0.4) is 0 Å². The minimum absolute atomic E-state index is 0.589. The van der Waals surface area contributed by atoms with E-state index in [0.29, 0.717) is 17.5 Å². The van der Waals surface area contributed by atoms with Gasteiger partial charge in [0.05, 0.1) is 0 Å². The third kappa shape index (κ3) is 5.26. The van der Waals surface area contributed by atoms with Crippen molar-refractivity contribution in [3.63, 3.8) is 0 Å². The Hall–Kier alpha value is -7.43. The largest absolute Gasteiger partial charge is 0.456 e. The topological polar surface area (TPSA) is 51.8 Å². The van der Waals surface area contributed by atoms with E-state index in [1.165, 1.54) is 32.3 Å². The third-order valence-corrected chi connectivity index (χ3v) is 10.7. The van der Waals surface area contributed by atoms with Gasteiger partial charge in [0.15, 0.2) is 17.5 Å². The molecule has 2 aromatic heterocycles. The zero-order chi connectivity index (χ0) is 36.3. The van der Waals surface area contributed by atoms with Crippen LogP contribution in [-0.4, -0.2) is 15.0 Å². The van der Waals surface area contributed by atoms with E-state index < -0.39 is 0 Å². The zero-order valence-electron chi connectivity index (χ0n) is 29.6. The predicted molar refractivity (Wildman–Crippen MR) is 227 cm³/mol. The van der Waals surface area contributed by atoms with Gasteiger partial charge in [0.25, 0.3) is 0 Å². The van der Waals surface area contributed by atoms with Crippen molar-refractivity contribution < 1.29 is 4.42 Å². The van der Waals surface area contributed by atoms with Crippen molar-refractivity contribution in [1.82, 2.24) is 15.0 Å². The van der Waals surface area contributed by atoms with Gasteiger partial charge < -0.3 is 4.42 Å². The highest BCUT2D eigenvalue weighted by molar-refractivity contribution is 6.26. The smallest absolute Gasteiger partial charge is 0.164 e. The highest BCUT2D eigenvalue weighted by Gasteiger charge is 2.20. The first-order valence-corrected chi connectivity index (χ1v) is 18.5. The summed E-state index contributed by atoms with van der Waals surface area (Å²) in [6.07, 6.45) is 0. The first kappa shape index (κ1) is 31.1. The Bertz CT molecular complexity index is 3210. The van der Waals surface area contributed by atoms with E-state index >= 15 is 0 Å². The maximum absolute atomic E-state index is 6.61. The van der Waals surface area contributed by atoms with Gasteiger partial charge >= 0.3 is 0 Å². The first-order valence-electron chi connectivity index (χ1n) is 18.5. The van der Waals surface area contributed by atoms with Crippen LogP contribution in [0, 0.1) is 0 Å². The Balaban J connectivity index is 1.15. The third-order valence-electron chi connectivity index (χ3n) is 10.7. The molecule has 0 bridgehead atoms. The number of fused-ring (bicyclic) bond motifs is 9. The molecule has 0 saturated carbocycles. The molecule has 0 fully saturated rings. The van der Waals surface area contributed by atoms with Crippen LogP contribution in [0.15, 0.2) is 192 Å². The lowest BCUT2D eigenvalue weighted by Gasteiger charge is -2.13. The normalized spacial score (nSPS) is 11.6. The average Bonchev–Trinajstić information content (AvgIpc) is 3.65. The van der Waals surface area contributed by atoms with Crippen LogP contribution in [-0.2, 0) is 0 Å². The molecule has 4 nitrogen and oxygen atoms in total. The molecular weight excluding hydrogens is 671 g/mol. The van der Waals surface area contributed by atoms with Crippen LogP contribution >= 0.6 is 0 Å². The summed E-state index contributed by atoms with van der Waals surface area (Å²) in [7, 11) is 0.